The van der Waals surface area contributed by atoms with Crippen molar-refractivity contribution in [1.82, 2.24) is 5.32 Å². The summed E-state index contributed by atoms with van der Waals surface area (Å²) >= 11 is 0. The van der Waals surface area contributed by atoms with E-state index >= 15 is 0 Å². The van der Waals surface area contributed by atoms with Crippen molar-refractivity contribution in [3.63, 3.8) is 0 Å². The van der Waals surface area contributed by atoms with Crippen LogP contribution in [0.3, 0.4) is 0 Å². The van der Waals surface area contributed by atoms with Gasteiger partial charge in [-0.2, -0.15) is 13.2 Å². The second-order valence-corrected chi connectivity index (χ2v) is 5.32. The van der Waals surface area contributed by atoms with Gasteiger partial charge in [-0.25, -0.2) is 0 Å². The molecule has 1 aliphatic rings. The molecule has 0 aliphatic heterocycles. The standard InChI is InChI=1S/C14H17F3N2O/c1-8(7-9-5-6-9)19-13(20)10-3-2-4-11(12(10)18)14(15,16)17/h2-4,8-9H,5-7,18H2,1H3,(H,19,20). The lowest BCUT2D eigenvalue weighted by atomic mass is 10.1. The number of carbonyl (C=O) groups excluding carboxylic acids is 1. The molecule has 1 aromatic carbocycles. The largest absolute Gasteiger partial charge is 0.418 e. The Labute approximate surface area is 115 Å². The SMILES string of the molecule is CC(CC1CC1)NC(=O)c1cccc(C(F)(F)F)c1N. The van der Waals surface area contributed by atoms with Gasteiger partial charge in [-0.3, -0.25) is 4.79 Å². The predicted molar refractivity (Wildman–Crippen MR) is 70.1 cm³/mol. The number of anilines is 1. The van der Waals surface area contributed by atoms with Crippen LogP contribution in [0.4, 0.5) is 18.9 Å². The molecule has 2 rings (SSSR count). The first-order valence-electron chi connectivity index (χ1n) is 6.55. The van der Waals surface area contributed by atoms with Crippen LogP contribution in [0.5, 0.6) is 0 Å². The molecule has 1 amide bonds. The number of hydrogen-bond acceptors (Lipinski definition) is 2. The van der Waals surface area contributed by atoms with E-state index in [2.05, 4.69) is 5.32 Å². The Bertz CT molecular complexity index is 510. The highest BCUT2D eigenvalue weighted by Gasteiger charge is 2.34. The summed E-state index contributed by atoms with van der Waals surface area (Å²) in [6.07, 6.45) is -1.39. The Morgan fingerprint density at radius 1 is 1.45 bits per heavy atom. The lowest BCUT2D eigenvalue weighted by Gasteiger charge is -2.16. The third-order valence-electron chi connectivity index (χ3n) is 3.42. The van der Waals surface area contributed by atoms with Crippen LogP contribution < -0.4 is 11.1 Å². The second kappa shape index (κ2) is 5.34. The first-order valence-corrected chi connectivity index (χ1v) is 6.55. The minimum atomic E-state index is -4.56. The fraction of sp³-hybridized carbons (Fsp3) is 0.500. The maximum absolute atomic E-state index is 12.7. The van der Waals surface area contributed by atoms with E-state index in [-0.39, 0.29) is 11.6 Å². The topological polar surface area (TPSA) is 55.1 Å². The van der Waals surface area contributed by atoms with E-state index in [0.29, 0.717) is 5.92 Å². The average molecular weight is 286 g/mol. The summed E-state index contributed by atoms with van der Waals surface area (Å²) in [4.78, 5) is 12.0. The highest BCUT2D eigenvalue weighted by atomic mass is 19.4. The zero-order valence-electron chi connectivity index (χ0n) is 11.1. The molecule has 1 aliphatic carbocycles. The van der Waals surface area contributed by atoms with Gasteiger partial charge >= 0.3 is 6.18 Å². The molecule has 0 spiro atoms. The summed E-state index contributed by atoms with van der Waals surface area (Å²) in [5, 5.41) is 2.70. The van der Waals surface area contributed by atoms with Crippen LogP contribution in [0.25, 0.3) is 0 Å². The molecular formula is C14H17F3N2O. The van der Waals surface area contributed by atoms with Crippen LogP contribution in [-0.2, 0) is 6.18 Å². The van der Waals surface area contributed by atoms with Crippen molar-refractivity contribution in [1.29, 1.82) is 0 Å². The van der Waals surface area contributed by atoms with Gasteiger partial charge in [0, 0.05) is 6.04 Å². The van der Waals surface area contributed by atoms with Gasteiger partial charge in [0.25, 0.3) is 5.91 Å². The van der Waals surface area contributed by atoms with Crippen LogP contribution >= 0.6 is 0 Å². The summed E-state index contributed by atoms with van der Waals surface area (Å²) in [5.74, 6) is 0.0749. The number of halogens is 3. The number of hydrogen-bond donors (Lipinski definition) is 2. The lowest BCUT2D eigenvalue weighted by molar-refractivity contribution is -0.136. The van der Waals surface area contributed by atoms with Gasteiger partial charge in [-0.1, -0.05) is 18.9 Å². The summed E-state index contributed by atoms with van der Waals surface area (Å²) in [6.45, 7) is 1.85. The van der Waals surface area contributed by atoms with Crippen LogP contribution in [0.1, 0.15) is 42.1 Å². The van der Waals surface area contributed by atoms with Gasteiger partial charge in [-0.05, 0) is 31.4 Å². The van der Waals surface area contributed by atoms with Crippen molar-refractivity contribution < 1.29 is 18.0 Å². The molecule has 20 heavy (non-hydrogen) atoms. The normalized spacial score (nSPS) is 16.8. The van der Waals surface area contributed by atoms with Crippen molar-refractivity contribution in [2.24, 2.45) is 5.92 Å². The molecule has 1 unspecified atom stereocenters. The van der Waals surface area contributed by atoms with Crippen LogP contribution in [0.15, 0.2) is 18.2 Å². The molecule has 0 radical (unpaired) electrons. The zero-order valence-corrected chi connectivity index (χ0v) is 11.1. The number of nitrogen functional groups attached to an aromatic ring is 1. The number of rotatable bonds is 4. The molecule has 0 heterocycles. The summed E-state index contributed by atoms with van der Waals surface area (Å²) in [6, 6.07) is 3.31. The number of benzene rings is 1. The van der Waals surface area contributed by atoms with Crippen molar-refractivity contribution in [3.05, 3.63) is 29.3 Å². The maximum atomic E-state index is 12.7. The van der Waals surface area contributed by atoms with Crippen molar-refractivity contribution in [3.8, 4) is 0 Å². The number of nitrogens with one attached hydrogen (secondary N) is 1. The highest BCUT2D eigenvalue weighted by molar-refractivity contribution is 6.00. The summed E-state index contributed by atoms with van der Waals surface area (Å²) in [7, 11) is 0. The molecule has 0 aromatic heterocycles. The Morgan fingerprint density at radius 3 is 2.65 bits per heavy atom. The van der Waals surface area contributed by atoms with Gasteiger partial charge in [0.1, 0.15) is 0 Å². The molecule has 110 valence electrons. The van der Waals surface area contributed by atoms with Gasteiger partial charge in [-0.15, -0.1) is 0 Å². The lowest BCUT2D eigenvalue weighted by Crippen LogP contribution is -2.33. The summed E-state index contributed by atoms with van der Waals surface area (Å²) < 4.78 is 38.2. The average Bonchev–Trinajstić information content (AvgIpc) is 3.11. The Balaban J connectivity index is 2.13. The minimum Gasteiger partial charge on any atom is -0.398 e. The Kier molecular flexibility index (Phi) is 3.92. The van der Waals surface area contributed by atoms with Crippen molar-refractivity contribution in [2.75, 3.05) is 5.73 Å². The minimum absolute atomic E-state index is 0.0658. The molecule has 1 atom stereocenters. The number of carbonyl (C=O) groups is 1. The van der Waals surface area contributed by atoms with Gasteiger partial charge in [0.05, 0.1) is 16.8 Å². The van der Waals surface area contributed by atoms with Crippen molar-refractivity contribution >= 4 is 11.6 Å². The molecule has 0 saturated heterocycles. The second-order valence-electron chi connectivity index (χ2n) is 5.32. The molecule has 1 fully saturated rings. The van der Waals surface area contributed by atoms with E-state index in [0.717, 1.165) is 25.3 Å². The van der Waals surface area contributed by atoms with E-state index < -0.39 is 23.3 Å². The highest BCUT2D eigenvalue weighted by Crippen LogP contribution is 2.35. The predicted octanol–water partition coefficient (Wildman–Crippen LogP) is 3.21. The number of alkyl halides is 3. The van der Waals surface area contributed by atoms with Crippen LogP contribution in [0, 0.1) is 5.92 Å². The van der Waals surface area contributed by atoms with E-state index in [9.17, 15) is 18.0 Å². The third-order valence-corrected chi connectivity index (χ3v) is 3.42. The van der Waals surface area contributed by atoms with E-state index in [1.807, 2.05) is 6.92 Å². The molecular weight excluding hydrogens is 269 g/mol. The van der Waals surface area contributed by atoms with E-state index in [1.165, 1.54) is 12.1 Å². The number of nitrogens with two attached hydrogens (primary N) is 1. The molecule has 3 N–H and O–H groups in total. The fourth-order valence-electron chi connectivity index (χ4n) is 2.22. The molecule has 1 aromatic rings. The summed E-state index contributed by atoms with van der Waals surface area (Å²) in [5.41, 5.74) is 3.87. The molecule has 1 saturated carbocycles. The molecule has 3 nitrogen and oxygen atoms in total. The van der Waals surface area contributed by atoms with Crippen LogP contribution in [0.2, 0.25) is 0 Å². The Morgan fingerprint density at radius 2 is 2.10 bits per heavy atom. The zero-order chi connectivity index (χ0) is 14.9. The first kappa shape index (κ1) is 14.7. The maximum Gasteiger partial charge on any atom is 0.418 e. The molecule has 0 bridgehead atoms. The van der Waals surface area contributed by atoms with Gasteiger partial charge in [0.2, 0.25) is 0 Å². The smallest absolute Gasteiger partial charge is 0.398 e. The molecule has 6 heteroatoms. The first-order chi connectivity index (χ1) is 9.29. The Hall–Kier alpha value is -1.72. The van der Waals surface area contributed by atoms with E-state index in [4.69, 9.17) is 5.73 Å². The van der Waals surface area contributed by atoms with Crippen LogP contribution in [-0.4, -0.2) is 11.9 Å². The number of para-hydroxylation sites is 1. The number of amides is 1. The monoisotopic (exact) mass is 286 g/mol. The van der Waals surface area contributed by atoms with E-state index in [1.54, 1.807) is 0 Å². The van der Waals surface area contributed by atoms with Gasteiger partial charge < -0.3 is 11.1 Å². The van der Waals surface area contributed by atoms with Gasteiger partial charge in [0.15, 0.2) is 0 Å². The third kappa shape index (κ3) is 3.43. The quantitative estimate of drug-likeness (QED) is 0.835. The van der Waals surface area contributed by atoms with Crippen molar-refractivity contribution in [2.45, 2.75) is 38.4 Å². The fourth-order valence-corrected chi connectivity index (χ4v) is 2.22.